The van der Waals surface area contributed by atoms with Gasteiger partial charge >= 0.3 is 0 Å². The Morgan fingerprint density at radius 3 is 2.25 bits per heavy atom. The summed E-state index contributed by atoms with van der Waals surface area (Å²) >= 11 is 0. The first kappa shape index (κ1) is 17.0. The Labute approximate surface area is 122 Å². The van der Waals surface area contributed by atoms with Gasteiger partial charge in [-0.15, -0.1) is 0 Å². The first-order valence-electron chi connectivity index (χ1n) is 6.93. The van der Waals surface area contributed by atoms with Crippen molar-refractivity contribution in [3.05, 3.63) is 23.3 Å². The van der Waals surface area contributed by atoms with E-state index in [4.69, 9.17) is 9.88 Å². The predicted octanol–water partition coefficient (Wildman–Crippen LogP) is 3.19. The normalized spacial score (nSPS) is 12.2. The Hall–Kier alpha value is -1.07. The van der Waals surface area contributed by atoms with Crippen LogP contribution in [0.2, 0.25) is 0 Å². The SMILES string of the molecule is Cc1cc(OCCC(C)C)c(C(C)C)cc1S(N)(=O)=O. The smallest absolute Gasteiger partial charge is 0.238 e. The number of hydrogen-bond donors (Lipinski definition) is 1. The van der Waals surface area contributed by atoms with Crippen molar-refractivity contribution in [3.8, 4) is 5.75 Å². The minimum absolute atomic E-state index is 0.171. The molecule has 0 aliphatic carbocycles. The van der Waals surface area contributed by atoms with Crippen LogP contribution in [-0.2, 0) is 10.0 Å². The van der Waals surface area contributed by atoms with E-state index in [1.165, 1.54) is 0 Å². The van der Waals surface area contributed by atoms with Crippen LogP contribution in [0.15, 0.2) is 17.0 Å². The molecule has 114 valence electrons. The minimum atomic E-state index is -3.70. The average Bonchev–Trinajstić information content (AvgIpc) is 2.26. The van der Waals surface area contributed by atoms with Crippen molar-refractivity contribution in [1.29, 1.82) is 0 Å². The van der Waals surface area contributed by atoms with Crippen LogP contribution in [0.25, 0.3) is 0 Å². The van der Waals surface area contributed by atoms with Crippen LogP contribution in [0.1, 0.15) is 51.2 Å². The number of benzene rings is 1. The van der Waals surface area contributed by atoms with Gasteiger partial charge in [0.15, 0.2) is 0 Å². The lowest BCUT2D eigenvalue weighted by molar-refractivity contribution is 0.285. The van der Waals surface area contributed by atoms with E-state index in [-0.39, 0.29) is 10.8 Å². The second-order valence-corrected chi connectivity index (χ2v) is 7.42. The third kappa shape index (κ3) is 4.49. The van der Waals surface area contributed by atoms with Gasteiger partial charge in [-0.05, 0) is 48.4 Å². The molecule has 0 aliphatic rings. The zero-order valence-electron chi connectivity index (χ0n) is 12.9. The highest BCUT2D eigenvalue weighted by molar-refractivity contribution is 7.89. The lowest BCUT2D eigenvalue weighted by Crippen LogP contribution is -2.15. The summed E-state index contributed by atoms with van der Waals surface area (Å²) in [6, 6.07) is 3.41. The minimum Gasteiger partial charge on any atom is -0.493 e. The molecular weight excluding hydrogens is 274 g/mol. The van der Waals surface area contributed by atoms with E-state index in [0.717, 1.165) is 17.7 Å². The molecule has 0 radical (unpaired) electrons. The molecular formula is C15H25NO3S. The molecule has 0 aromatic heterocycles. The van der Waals surface area contributed by atoms with Crippen LogP contribution >= 0.6 is 0 Å². The Kier molecular flexibility index (Phi) is 5.59. The standard InChI is InChI=1S/C15H25NO3S/c1-10(2)6-7-19-14-8-12(5)15(20(16,17)18)9-13(14)11(3)4/h8-11H,6-7H2,1-5H3,(H2,16,17,18). The summed E-state index contributed by atoms with van der Waals surface area (Å²) in [7, 11) is -3.70. The number of nitrogens with two attached hydrogens (primary N) is 1. The van der Waals surface area contributed by atoms with Crippen molar-refractivity contribution in [2.45, 2.75) is 51.9 Å². The van der Waals surface area contributed by atoms with E-state index in [9.17, 15) is 8.42 Å². The zero-order chi connectivity index (χ0) is 15.5. The molecule has 2 N–H and O–H groups in total. The number of aryl methyl sites for hydroxylation is 1. The highest BCUT2D eigenvalue weighted by Crippen LogP contribution is 2.31. The first-order valence-corrected chi connectivity index (χ1v) is 8.47. The van der Waals surface area contributed by atoms with Crippen molar-refractivity contribution in [2.75, 3.05) is 6.61 Å². The largest absolute Gasteiger partial charge is 0.493 e. The van der Waals surface area contributed by atoms with Gasteiger partial charge in [0, 0.05) is 0 Å². The number of primary sulfonamides is 1. The lowest BCUT2D eigenvalue weighted by Gasteiger charge is -2.17. The zero-order valence-corrected chi connectivity index (χ0v) is 13.8. The second kappa shape index (κ2) is 6.59. The Balaban J connectivity index is 3.15. The molecule has 0 spiro atoms. The molecule has 1 rings (SSSR count). The fourth-order valence-electron chi connectivity index (χ4n) is 1.96. The second-order valence-electron chi connectivity index (χ2n) is 5.89. The lowest BCUT2D eigenvalue weighted by atomic mass is 10.0. The summed E-state index contributed by atoms with van der Waals surface area (Å²) in [5, 5.41) is 5.25. The van der Waals surface area contributed by atoms with Crippen molar-refractivity contribution < 1.29 is 13.2 Å². The van der Waals surface area contributed by atoms with Gasteiger partial charge in [0.05, 0.1) is 11.5 Å². The number of hydrogen-bond acceptors (Lipinski definition) is 3. The molecule has 20 heavy (non-hydrogen) atoms. The van der Waals surface area contributed by atoms with Crippen LogP contribution in [0.5, 0.6) is 5.75 Å². The molecule has 1 aromatic carbocycles. The van der Waals surface area contributed by atoms with Gasteiger partial charge in [-0.3, -0.25) is 0 Å². The third-order valence-corrected chi connectivity index (χ3v) is 4.24. The maximum absolute atomic E-state index is 11.6. The number of ether oxygens (including phenoxy) is 1. The summed E-state index contributed by atoms with van der Waals surface area (Å²) in [5.41, 5.74) is 1.50. The molecule has 0 saturated carbocycles. The van der Waals surface area contributed by atoms with Crippen LogP contribution in [0.4, 0.5) is 0 Å². The van der Waals surface area contributed by atoms with Crippen LogP contribution in [0, 0.1) is 12.8 Å². The molecule has 0 heterocycles. The topological polar surface area (TPSA) is 69.4 Å². The third-order valence-electron chi connectivity index (χ3n) is 3.19. The fraction of sp³-hybridized carbons (Fsp3) is 0.600. The Morgan fingerprint density at radius 1 is 1.20 bits per heavy atom. The van der Waals surface area contributed by atoms with Crippen molar-refractivity contribution in [3.63, 3.8) is 0 Å². The monoisotopic (exact) mass is 299 g/mol. The summed E-state index contributed by atoms with van der Waals surface area (Å²) in [6.45, 7) is 10.7. The molecule has 0 aliphatic heterocycles. The van der Waals surface area contributed by atoms with E-state index in [1.54, 1.807) is 19.1 Å². The van der Waals surface area contributed by atoms with Gasteiger partial charge in [0.2, 0.25) is 10.0 Å². The molecule has 0 bridgehead atoms. The van der Waals surface area contributed by atoms with Crippen LogP contribution < -0.4 is 9.88 Å². The molecule has 4 nitrogen and oxygen atoms in total. The van der Waals surface area contributed by atoms with Gasteiger partial charge in [-0.25, -0.2) is 13.6 Å². The van der Waals surface area contributed by atoms with Gasteiger partial charge < -0.3 is 4.74 Å². The van der Waals surface area contributed by atoms with Gasteiger partial charge in [-0.1, -0.05) is 27.7 Å². The molecule has 0 unspecified atom stereocenters. The van der Waals surface area contributed by atoms with E-state index >= 15 is 0 Å². The highest BCUT2D eigenvalue weighted by atomic mass is 32.2. The summed E-state index contributed by atoms with van der Waals surface area (Å²) in [6.07, 6.45) is 0.966. The molecule has 1 aromatic rings. The molecule has 5 heteroatoms. The Bertz CT molecular complexity index is 563. The van der Waals surface area contributed by atoms with E-state index in [1.807, 2.05) is 13.8 Å². The first-order chi connectivity index (χ1) is 9.12. The molecule has 0 saturated heterocycles. The maximum atomic E-state index is 11.6. The number of rotatable bonds is 6. The van der Waals surface area contributed by atoms with Gasteiger partial charge in [0.1, 0.15) is 5.75 Å². The van der Waals surface area contributed by atoms with Crippen molar-refractivity contribution in [1.82, 2.24) is 0 Å². The summed E-state index contributed by atoms with van der Waals surface area (Å²) in [5.74, 6) is 1.50. The number of sulfonamides is 1. The quantitative estimate of drug-likeness (QED) is 0.877. The Morgan fingerprint density at radius 2 is 1.80 bits per heavy atom. The molecule has 0 fully saturated rings. The maximum Gasteiger partial charge on any atom is 0.238 e. The van der Waals surface area contributed by atoms with Crippen molar-refractivity contribution in [2.24, 2.45) is 11.1 Å². The van der Waals surface area contributed by atoms with Crippen LogP contribution in [0.3, 0.4) is 0 Å². The van der Waals surface area contributed by atoms with Gasteiger partial charge in [-0.2, -0.15) is 0 Å². The highest BCUT2D eigenvalue weighted by Gasteiger charge is 2.18. The summed E-state index contributed by atoms with van der Waals surface area (Å²) < 4.78 is 29.0. The van der Waals surface area contributed by atoms with Crippen LogP contribution in [-0.4, -0.2) is 15.0 Å². The van der Waals surface area contributed by atoms with Crippen molar-refractivity contribution >= 4 is 10.0 Å². The fourth-order valence-corrected chi connectivity index (χ4v) is 2.76. The molecule has 0 amide bonds. The average molecular weight is 299 g/mol. The van der Waals surface area contributed by atoms with E-state index < -0.39 is 10.0 Å². The van der Waals surface area contributed by atoms with Gasteiger partial charge in [0.25, 0.3) is 0 Å². The van der Waals surface area contributed by atoms with E-state index in [0.29, 0.717) is 18.1 Å². The summed E-state index contributed by atoms with van der Waals surface area (Å²) in [4.78, 5) is 0.178. The predicted molar refractivity (Wildman–Crippen MR) is 81.6 cm³/mol. The van der Waals surface area contributed by atoms with E-state index in [2.05, 4.69) is 13.8 Å². The molecule has 0 atom stereocenters.